The van der Waals surface area contributed by atoms with Crippen LogP contribution in [-0.4, -0.2) is 30.8 Å². The molecule has 6 heteroatoms. The Labute approximate surface area is 125 Å². The number of carbonyl (C=O) groups excluding carboxylic acids is 1. The van der Waals surface area contributed by atoms with Crippen molar-refractivity contribution >= 4 is 18.5 Å². The second-order valence-corrected chi connectivity index (χ2v) is 6.18. The Hall–Kier alpha value is -1.40. The molecule has 1 aromatic rings. The summed E-state index contributed by atoms with van der Waals surface area (Å²) in [7, 11) is -0.687. The Balaban J connectivity index is 2.39. The van der Waals surface area contributed by atoms with Gasteiger partial charge in [0.05, 0.1) is 11.2 Å². The molecule has 0 spiro atoms. The zero-order valence-electron chi connectivity index (χ0n) is 13.1. The second kappa shape index (κ2) is 5.42. The van der Waals surface area contributed by atoms with E-state index >= 15 is 0 Å². The fourth-order valence-corrected chi connectivity index (χ4v) is 2.16. The first kappa shape index (κ1) is 16.0. The maximum Gasteiger partial charge on any atom is 0.495 e. The van der Waals surface area contributed by atoms with Gasteiger partial charge in [0.25, 0.3) is 5.91 Å². The Kier molecular flexibility index (Phi) is 4.13. The minimum atomic E-state index is -0.687. The van der Waals surface area contributed by atoms with E-state index in [0.717, 1.165) is 0 Å². The molecule has 0 aliphatic carbocycles. The van der Waals surface area contributed by atoms with Gasteiger partial charge in [0.15, 0.2) is 0 Å². The van der Waals surface area contributed by atoms with Crippen LogP contribution in [0.25, 0.3) is 0 Å². The normalized spacial score (nSPS) is 19.6. The van der Waals surface area contributed by atoms with Gasteiger partial charge in [-0.25, -0.2) is 4.39 Å². The van der Waals surface area contributed by atoms with Gasteiger partial charge in [0, 0.05) is 12.1 Å². The molecule has 1 saturated heterocycles. The summed E-state index contributed by atoms with van der Waals surface area (Å²) in [5.41, 5.74) is -0.230. The van der Waals surface area contributed by atoms with E-state index in [1.54, 1.807) is 6.07 Å². The first-order valence-electron chi connectivity index (χ1n) is 7.11. The Morgan fingerprint density at radius 2 is 1.81 bits per heavy atom. The van der Waals surface area contributed by atoms with E-state index < -0.39 is 24.1 Å². The molecular weight excluding hydrogens is 272 g/mol. The number of carbonyl (C=O) groups is 1. The number of hydrogen-bond acceptors (Lipinski definition) is 3. The topological polar surface area (TPSA) is 47.6 Å². The lowest BCUT2D eigenvalue weighted by molar-refractivity contribution is 0.00578. The third-order valence-corrected chi connectivity index (χ3v) is 4.10. The van der Waals surface area contributed by atoms with E-state index in [9.17, 15) is 9.18 Å². The number of nitrogens with one attached hydrogen (secondary N) is 1. The predicted molar refractivity (Wildman–Crippen MR) is 80.1 cm³/mol. The maximum absolute atomic E-state index is 13.5. The van der Waals surface area contributed by atoms with Gasteiger partial charge in [0.2, 0.25) is 0 Å². The van der Waals surface area contributed by atoms with E-state index in [0.29, 0.717) is 12.0 Å². The van der Waals surface area contributed by atoms with Crippen LogP contribution in [0.4, 0.5) is 4.39 Å². The van der Waals surface area contributed by atoms with Crippen molar-refractivity contribution in [1.29, 1.82) is 0 Å². The smallest absolute Gasteiger partial charge is 0.399 e. The van der Waals surface area contributed by atoms with Gasteiger partial charge < -0.3 is 14.6 Å². The number of rotatable bonds is 3. The van der Waals surface area contributed by atoms with Crippen LogP contribution in [0.2, 0.25) is 0 Å². The highest BCUT2D eigenvalue weighted by atomic mass is 19.1. The molecule has 0 bridgehead atoms. The van der Waals surface area contributed by atoms with Crippen molar-refractivity contribution in [3.8, 4) is 0 Å². The van der Waals surface area contributed by atoms with Crippen molar-refractivity contribution in [3.05, 3.63) is 29.6 Å². The minimum absolute atomic E-state index is 0.246. The molecule has 1 aromatic carbocycles. The molecular formula is C15H21BFNO3. The predicted octanol–water partition coefficient (Wildman–Crippen LogP) is 1.87. The summed E-state index contributed by atoms with van der Waals surface area (Å²) in [6.45, 7) is 10.0. The summed E-state index contributed by atoms with van der Waals surface area (Å²) in [4.78, 5) is 12.1. The van der Waals surface area contributed by atoms with Gasteiger partial charge in [0.1, 0.15) is 5.82 Å². The van der Waals surface area contributed by atoms with Crippen LogP contribution < -0.4 is 10.8 Å². The minimum Gasteiger partial charge on any atom is -0.399 e. The zero-order valence-corrected chi connectivity index (χ0v) is 13.1. The summed E-state index contributed by atoms with van der Waals surface area (Å²) in [6.07, 6.45) is 0. The van der Waals surface area contributed by atoms with E-state index in [2.05, 4.69) is 5.32 Å². The van der Waals surface area contributed by atoms with Crippen molar-refractivity contribution < 1.29 is 18.5 Å². The first-order valence-corrected chi connectivity index (χ1v) is 7.11. The van der Waals surface area contributed by atoms with E-state index in [1.807, 2.05) is 34.6 Å². The Morgan fingerprint density at radius 1 is 1.24 bits per heavy atom. The molecule has 0 radical (unpaired) electrons. The zero-order chi connectivity index (χ0) is 15.8. The molecule has 0 atom stereocenters. The summed E-state index contributed by atoms with van der Waals surface area (Å²) in [5.74, 6) is -0.793. The number of amides is 1. The molecule has 21 heavy (non-hydrogen) atoms. The molecule has 1 N–H and O–H groups in total. The molecule has 1 aliphatic heterocycles. The van der Waals surface area contributed by atoms with Crippen molar-refractivity contribution in [2.45, 2.75) is 45.8 Å². The highest BCUT2D eigenvalue weighted by molar-refractivity contribution is 6.63. The van der Waals surface area contributed by atoms with Gasteiger partial charge in [-0.2, -0.15) is 0 Å². The van der Waals surface area contributed by atoms with E-state index in [4.69, 9.17) is 9.31 Å². The molecule has 1 fully saturated rings. The highest BCUT2D eigenvalue weighted by Gasteiger charge is 2.52. The average molecular weight is 293 g/mol. The lowest BCUT2D eigenvalue weighted by Gasteiger charge is -2.32. The van der Waals surface area contributed by atoms with E-state index in [-0.39, 0.29) is 11.5 Å². The van der Waals surface area contributed by atoms with Crippen LogP contribution in [0.15, 0.2) is 18.2 Å². The van der Waals surface area contributed by atoms with Crippen LogP contribution in [0.1, 0.15) is 45.0 Å². The average Bonchev–Trinajstić information content (AvgIpc) is 2.58. The number of halogens is 1. The van der Waals surface area contributed by atoms with Crippen LogP contribution in [-0.2, 0) is 9.31 Å². The molecule has 2 rings (SSSR count). The lowest BCUT2D eigenvalue weighted by Crippen LogP contribution is -2.41. The third-order valence-electron chi connectivity index (χ3n) is 4.10. The Bertz CT molecular complexity index is 544. The number of hydrogen-bond donors (Lipinski definition) is 1. The van der Waals surface area contributed by atoms with Gasteiger partial charge in [-0.3, -0.25) is 4.79 Å². The fraction of sp³-hybridized carbons (Fsp3) is 0.533. The van der Waals surface area contributed by atoms with Crippen LogP contribution in [0.5, 0.6) is 0 Å². The van der Waals surface area contributed by atoms with Gasteiger partial charge in [-0.1, -0.05) is 6.07 Å². The third kappa shape index (κ3) is 2.96. The first-order chi connectivity index (χ1) is 9.68. The molecule has 0 aromatic heterocycles. The standard InChI is InChI=1S/C15H21BFNO3/c1-6-18-13(19)11-9-10(17)7-8-12(11)16-20-14(2,3)15(4,5)21-16/h7-9H,6H2,1-5H3,(H,18,19). The van der Waals surface area contributed by atoms with Crippen LogP contribution >= 0.6 is 0 Å². The highest BCUT2D eigenvalue weighted by Crippen LogP contribution is 2.36. The van der Waals surface area contributed by atoms with Crippen molar-refractivity contribution in [2.24, 2.45) is 0 Å². The molecule has 1 amide bonds. The number of benzene rings is 1. The van der Waals surface area contributed by atoms with Gasteiger partial charge in [-0.15, -0.1) is 0 Å². The Morgan fingerprint density at radius 3 is 2.33 bits per heavy atom. The molecule has 0 saturated carbocycles. The second-order valence-electron chi connectivity index (χ2n) is 6.18. The SMILES string of the molecule is CCNC(=O)c1cc(F)ccc1B1OC(C)(C)C(C)(C)O1. The maximum atomic E-state index is 13.5. The van der Waals surface area contributed by atoms with Crippen molar-refractivity contribution in [2.75, 3.05) is 6.54 Å². The monoisotopic (exact) mass is 293 g/mol. The quantitative estimate of drug-likeness (QED) is 0.866. The lowest BCUT2D eigenvalue weighted by atomic mass is 9.75. The molecule has 1 heterocycles. The van der Waals surface area contributed by atoms with E-state index in [1.165, 1.54) is 12.1 Å². The summed E-state index contributed by atoms with van der Waals surface area (Å²) in [5, 5.41) is 2.68. The summed E-state index contributed by atoms with van der Waals surface area (Å²) >= 11 is 0. The van der Waals surface area contributed by atoms with Gasteiger partial charge >= 0.3 is 7.12 Å². The summed E-state index contributed by atoms with van der Waals surface area (Å²) < 4.78 is 25.3. The summed E-state index contributed by atoms with van der Waals surface area (Å²) in [6, 6.07) is 4.07. The molecule has 1 aliphatic rings. The van der Waals surface area contributed by atoms with Gasteiger partial charge in [-0.05, 0) is 52.2 Å². The molecule has 114 valence electrons. The van der Waals surface area contributed by atoms with Crippen LogP contribution in [0, 0.1) is 5.82 Å². The molecule has 0 unspecified atom stereocenters. The van der Waals surface area contributed by atoms with Crippen LogP contribution in [0.3, 0.4) is 0 Å². The molecule has 4 nitrogen and oxygen atoms in total. The van der Waals surface area contributed by atoms with Crippen molar-refractivity contribution in [1.82, 2.24) is 5.32 Å². The van der Waals surface area contributed by atoms with Crippen molar-refractivity contribution in [3.63, 3.8) is 0 Å². The fourth-order valence-electron chi connectivity index (χ4n) is 2.16. The largest absolute Gasteiger partial charge is 0.495 e.